The van der Waals surface area contributed by atoms with E-state index in [2.05, 4.69) is 49.4 Å². The van der Waals surface area contributed by atoms with Crippen molar-refractivity contribution in [3.63, 3.8) is 0 Å². The smallest absolute Gasteiger partial charge is 0.122 e. The molecular weight excluding hydrogens is 304 g/mol. The lowest BCUT2D eigenvalue weighted by molar-refractivity contribution is 1.15. The van der Waals surface area contributed by atoms with E-state index in [9.17, 15) is 0 Å². The number of hydrogen-bond acceptors (Lipinski definition) is 1. The van der Waals surface area contributed by atoms with Crippen LogP contribution in [0.1, 0.15) is 36.1 Å². The normalized spacial score (nSPS) is 10.5. The fourth-order valence-electron chi connectivity index (χ4n) is 2.63. The molecule has 0 saturated carbocycles. The number of aryl methyl sites for hydroxylation is 2. The Labute approximate surface area is 150 Å². The zero-order chi connectivity index (χ0) is 18.2. The molecule has 0 aliphatic carbocycles. The molecule has 0 aliphatic heterocycles. The summed E-state index contributed by atoms with van der Waals surface area (Å²) in [6.07, 6.45) is 5.11. The Morgan fingerprint density at radius 1 is 1.00 bits per heavy atom. The molecule has 0 amide bonds. The second kappa shape index (κ2) is 8.84. The number of nitrogens with two attached hydrogens (primary N) is 1. The van der Waals surface area contributed by atoms with Crippen LogP contribution in [-0.4, -0.2) is 5.84 Å². The van der Waals surface area contributed by atoms with Crippen LogP contribution < -0.4 is 5.73 Å². The molecule has 3 rings (SSSR count). The van der Waals surface area contributed by atoms with Gasteiger partial charge in [0.15, 0.2) is 0 Å². The van der Waals surface area contributed by atoms with Gasteiger partial charge in [0.05, 0.1) is 0 Å². The fraction of sp³-hybridized carbons (Fsp3) is 0.174. The van der Waals surface area contributed by atoms with Crippen molar-refractivity contribution < 1.29 is 0 Å². The van der Waals surface area contributed by atoms with Crippen LogP contribution in [0.3, 0.4) is 0 Å². The molecule has 2 nitrogen and oxygen atoms in total. The monoisotopic (exact) mass is 330 g/mol. The van der Waals surface area contributed by atoms with Crippen molar-refractivity contribution in [1.29, 1.82) is 5.41 Å². The minimum atomic E-state index is 0.116. The predicted molar refractivity (Wildman–Crippen MR) is 110 cm³/mol. The molecule has 0 heterocycles. The van der Waals surface area contributed by atoms with Gasteiger partial charge in [-0.1, -0.05) is 73.7 Å². The average Bonchev–Trinajstić information content (AvgIpc) is 2.63. The van der Waals surface area contributed by atoms with Crippen molar-refractivity contribution in [2.75, 3.05) is 0 Å². The summed E-state index contributed by atoms with van der Waals surface area (Å²) in [6.45, 7) is 6.20. The zero-order valence-corrected chi connectivity index (χ0v) is 15.2. The molecule has 0 aliphatic rings. The van der Waals surface area contributed by atoms with Gasteiger partial charge in [0.1, 0.15) is 5.84 Å². The summed E-state index contributed by atoms with van der Waals surface area (Å²) in [5, 5.41) is 9.96. The molecule has 3 aromatic carbocycles. The standard InChI is InChI=1S/C12H12.C11H14N2/c1-2-10-7-8-11-5-3-4-6-12(11)9-10;1-3-4-9-7-10(11(12)13)6-5-8(9)2/h3-9H,2H2,1H3;3-7H,1-2H3,(H3,12,13)/b;4-3-. The first-order valence-electron chi connectivity index (χ1n) is 8.60. The molecule has 25 heavy (non-hydrogen) atoms. The van der Waals surface area contributed by atoms with Gasteiger partial charge in [-0.05, 0) is 53.8 Å². The molecule has 0 spiro atoms. The SMILES string of the molecule is C/C=C\c1cc(C(=N)N)ccc1C.CCc1ccc2ccccc2c1. The Balaban J connectivity index is 0.000000181. The first kappa shape index (κ1) is 18.5. The average molecular weight is 330 g/mol. The summed E-state index contributed by atoms with van der Waals surface area (Å²) >= 11 is 0. The summed E-state index contributed by atoms with van der Waals surface area (Å²) in [5.41, 5.74) is 9.89. The van der Waals surface area contributed by atoms with Crippen LogP contribution in [0.25, 0.3) is 16.8 Å². The summed E-state index contributed by atoms with van der Waals surface area (Å²) in [4.78, 5) is 0. The zero-order valence-electron chi connectivity index (χ0n) is 15.2. The van der Waals surface area contributed by atoms with E-state index in [1.807, 2.05) is 44.2 Å². The van der Waals surface area contributed by atoms with Crippen molar-refractivity contribution >= 4 is 22.7 Å². The van der Waals surface area contributed by atoms with Crippen LogP contribution in [0.15, 0.2) is 66.7 Å². The third kappa shape index (κ3) is 5.05. The van der Waals surface area contributed by atoms with E-state index in [1.54, 1.807) is 0 Å². The van der Waals surface area contributed by atoms with E-state index in [4.69, 9.17) is 11.1 Å². The minimum Gasteiger partial charge on any atom is -0.384 e. The van der Waals surface area contributed by atoms with E-state index < -0.39 is 0 Å². The highest BCUT2D eigenvalue weighted by Crippen LogP contribution is 2.15. The quantitative estimate of drug-likeness (QED) is 0.468. The number of nitrogens with one attached hydrogen (secondary N) is 1. The molecule has 0 bridgehead atoms. The third-order valence-electron chi connectivity index (χ3n) is 4.16. The van der Waals surface area contributed by atoms with Crippen LogP contribution in [0, 0.1) is 12.3 Å². The van der Waals surface area contributed by atoms with Crippen molar-refractivity contribution in [3.05, 3.63) is 89.0 Å². The molecule has 0 radical (unpaired) electrons. The van der Waals surface area contributed by atoms with Crippen molar-refractivity contribution in [2.45, 2.75) is 27.2 Å². The molecule has 0 fully saturated rings. The third-order valence-corrected chi connectivity index (χ3v) is 4.16. The van der Waals surface area contributed by atoms with Crippen LogP contribution in [0.2, 0.25) is 0 Å². The van der Waals surface area contributed by atoms with Crippen molar-refractivity contribution in [2.24, 2.45) is 5.73 Å². The number of hydrogen-bond donors (Lipinski definition) is 2. The summed E-state index contributed by atoms with van der Waals surface area (Å²) in [6, 6.07) is 20.9. The van der Waals surface area contributed by atoms with Gasteiger partial charge in [0.2, 0.25) is 0 Å². The van der Waals surface area contributed by atoms with E-state index in [0.29, 0.717) is 0 Å². The summed E-state index contributed by atoms with van der Waals surface area (Å²) in [7, 11) is 0. The Kier molecular flexibility index (Phi) is 6.53. The van der Waals surface area contributed by atoms with Gasteiger partial charge in [0.25, 0.3) is 0 Å². The number of benzene rings is 3. The molecule has 3 aromatic rings. The number of fused-ring (bicyclic) bond motifs is 1. The van der Waals surface area contributed by atoms with Gasteiger partial charge in [-0.25, -0.2) is 0 Å². The van der Waals surface area contributed by atoms with Gasteiger partial charge in [-0.3, -0.25) is 5.41 Å². The summed E-state index contributed by atoms with van der Waals surface area (Å²) in [5.74, 6) is 0.116. The highest BCUT2D eigenvalue weighted by Gasteiger charge is 1.99. The molecule has 128 valence electrons. The predicted octanol–water partition coefficient (Wildman–Crippen LogP) is 5.71. The van der Waals surface area contributed by atoms with Crippen LogP contribution >= 0.6 is 0 Å². The van der Waals surface area contributed by atoms with Gasteiger partial charge >= 0.3 is 0 Å². The van der Waals surface area contributed by atoms with E-state index in [0.717, 1.165) is 17.5 Å². The highest BCUT2D eigenvalue weighted by molar-refractivity contribution is 5.95. The Hall–Kier alpha value is -2.87. The molecule has 0 atom stereocenters. The number of rotatable bonds is 3. The molecule has 0 saturated heterocycles. The van der Waals surface area contributed by atoms with Crippen LogP contribution in [0.5, 0.6) is 0 Å². The molecule has 3 N–H and O–H groups in total. The van der Waals surface area contributed by atoms with E-state index >= 15 is 0 Å². The largest absolute Gasteiger partial charge is 0.384 e. The number of nitrogen functional groups attached to an aromatic ring is 1. The van der Waals surface area contributed by atoms with E-state index in [1.165, 1.54) is 21.9 Å². The van der Waals surface area contributed by atoms with E-state index in [-0.39, 0.29) is 5.84 Å². The maximum Gasteiger partial charge on any atom is 0.122 e. The minimum absolute atomic E-state index is 0.116. The number of amidine groups is 1. The van der Waals surface area contributed by atoms with Gasteiger partial charge < -0.3 is 5.73 Å². The Bertz CT molecular complexity index is 891. The molecule has 0 aromatic heterocycles. The number of allylic oxidation sites excluding steroid dienone is 1. The Morgan fingerprint density at radius 2 is 1.72 bits per heavy atom. The van der Waals surface area contributed by atoms with Crippen molar-refractivity contribution in [3.8, 4) is 0 Å². The topological polar surface area (TPSA) is 49.9 Å². The first-order valence-corrected chi connectivity index (χ1v) is 8.60. The lowest BCUT2D eigenvalue weighted by Gasteiger charge is -2.03. The second-order valence-corrected chi connectivity index (χ2v) is 6.02. The fourth-order valence-corrected chi connectivity index (χ4v) is 2.63. The maximum absolute atomic E-state index is 7.29. The van der Waals surface area contributed by atoms with Crippen molar-refractivity contribution in [1.82, 2.24) is 0 Å². The molecular formula is C23H26N2. The highest BCUT2D eigenvalue weighted by atomic mass is 14.7. The summed E-state index contributed by atoms with van der Waals surface area (Å²) < 4.78 is 0. The van der Waals surface area contributed by atoms with Gasteiger partial charge in [0, 0.05) is 5.56 Å². The maximum atomic E-state index is 7.29. The van der Waals surface area contributed by atoms with Gasteiger partial charge in [-0.15, -0.1) is 0 Å². The lowest BCUT2D eigenvalue weighted by atomic mass is 10.0. The molecule has 0 unspecified atom stereocenters. The first-order chi connectivity index (χ1) is 12.0. The molecule has 2 heteroatoms. The van der Waals surface area contributed by atoms with Gasteiger partial charge in [-0.2, -0.15) is 0 Å². The Morgan fingerprint density at radius 3 is 2.36 bits per heavy atom. The lowest BCUT2D eigenvalue weighted by Crippen LogP contribution is -2.11. The second-order valence-electron chi connectivity index (χ2n) is 6.02. The van der Waals surface area contributed by atoms with Crippen LogP contribution in [0.4, 0.5) is 0 Å². The van der Waals surface area contributed by atoms with Crippen LogP contribution in [-0.2, 0) is 6.42 Å².